The Kier molecular flexibility index (Phi) is 3.31. The Labute approximate surface area is 108 Å². The fraction of sp³-hybridized carbons (Fsp3) is 0.300. The lowest BCUT2D eigenvalue weighted by Crippen LogP contribution is -2.34. The van der Waals surface area contributed by atoms with Crippen LogP contribution < -0.4 is 5.32 Å². The fourth-order valence-electron chi connectivity index (χ4n) is 1.45. The molecule has 1 saturated heterocycles. The van der Waals surface area contributed by atoms with Gasteiger partial charge < -0.3 is 10.1 Å². The van der Waals surface area contributed by atoms with Crippen LogP contribution in [0.3, 0.4) is 0 Å². The molecule has 1 N–H and O–H groups in total. The maximum absolute atomic E-state index is 11.5. The number of benzene rings is 1. The molecule has 1 aliphatic rings. The van der Waals surface area contributed by atoms with Crippen LogP contribution in [-0.2, 0) is 9.53 Å². The van der Waals surface area contributed by atoms with Crippen molar-refractivity contribution in [3.05, 3.63) is 35.9 Å². The molecule has 0 bridgehead atoms. The predicted octanol–water partition coefficient (Wildman–Crippen LogP) is 2.57. The molecule has 2 atom stereocenters. The van der Waals surface area contributed by atoms with Gasteiger partial charge in [-0.2, -0.15) is 0 Å². The lowest BCUT2D eigenvalue weighted by Gasteiger charge is -2.17. The predicted molar refractivity (Wildman–Crippen MR) is 62.5 cm³/mol. The van der Waals surface area contributed by atoms with Gasteiger partial charge in [0.2, 0.25) is 3.79 Å². The maximum Gasteiger partial charge on any atom is 0.255 e. The molecule has 0 aliphatic carbocycles. The highest BCUT2D eigenvalue weighted by Gasteiger charge is 2.46. The van der Waals surface area contributed by atoms with Crippen molar-refractivity contribution in [1.29, 1.82) is 0 Å². The van der Waals surface area contributed by atoms with E-state index in [2.05, 4.69) is 5.32 Å². The molecule has 0 radical (unpaired) electrons. The van der Waals surface area contributed by atoms with Gasteiger partial charge in [0.05, 0.1) is 0 Å². The fourth-order valence-corrected chi connectivity index (χ4v) is 1.90. The van der Waals surface area contributed by atoms with Crippen molar-refractivity contribution in [3.63, 3.8) is 0 Å². The van der Waals surface area contributed by atoms with Gasteiger partial charge in [0, 0.05) is 5.56 Å². The molecule has 1 heterocycles. The van der Waals surface area contributed by atoms with E-state index in [-0.39, 0.29) is 0 Å². The molecule has 1 aromatic carbocycles. The van der Waals surface area contributed by atoms with Crippen LogP contribution in [0.2, 0.25) is 0 Å². The van der Waals surface area contributed by atoms with Gasteiger partial charge in [0.1, 0.15) is 0 Å². The Morgan fingerprint density at radius 2 is 1.81 bits per heavy atom. The molecule has 0 spiro atoms. The van der Waals surface area contributed by atoms with E-state index in [4.69, 9.17) is 39.5 Å². The first kappa shape index (κ1) is 12.0. The van der Waals surface area contributed by atoms with Gasteiger partial charge in [-0.05, 0) is 0 Å². The van der Waals surface area contributed by atoms with E-state index in [0.717, 1.165) is 5.56 Å². The lowest BCUT2D eigenvalue weighted by molar-refractivity contribution is -0.123. The Balaban J connectivity index is 2.16. The van der Waals surface area contributed by atoms with E-state index in [1.165, 1.54) is 0 Å². The van der Waals surface area contributed by atoms with Gasteiger partial charge in [-0.25, -0.2) is 0 Å². The van der Waals surface area contributed by atoms with Crippen molar-refractivity contribution < 1.29 is 9.53 Å². The molecule has 2 unspecified atom stereocenters. The molecular weight excluding hydrogens is 272 g/mol. The van der Waals surface area contributed by atoms with Gasteiger partial charge in [0.15, 0.2) is 12.3 Å². The molecule has 6 heteroatoms. The summed E-state index contributed by atoms with van der Waals surface area (Å²) in [6.07, 6.45) is -1.64. The third kappa shape index (κ3) is 2.43. The number of carbonyl (C=O) groups is 1. The van der Waals surface area contributed by atoms with E-state index in [1.54, 1.807) is 0 Å². The van der Waals surface area contributed by atoms with E-state index in [9.17, 15) is 4.79 Å². The number of alkyl halides is 3. The summed E-state index contributed by atoms with van der Waals surface area (Å²) in [6, 6.07) is 9.20. The average Bonchev–Trinajstić information content (AvgIpc) is 2.61. The van der Waals surface area contributed by atoms with Crippen molar-refractivity contribution >= 4 is 40.7 Å². The number of rotatable bonds is 1. The third-order valence-corrected chi connectivity index (χ3v) is 2.78. The summed E-state index contributed by atoms with van der Waals surface area (Å²) in [7, 11) is 0. The molecule has 1 aliphatic heterocycles. The van der Waals surface area contributed by atoms with Gasteiger partial charge in [0.25, 0.3) is 5.91 Å². The van der Waals surface area contributed by atoms with Gasteiger partial charge in [-0.15, -0.1) is 0 Å². The summed E-state index contributed by atoms with van der Waals surface area (Å²) in [6.45, 7) is 0. The largest absolute Gasteiger partial charge is 0.337 e. The standard InChI is InChI=1S/C10H8Cl3NO2/c11-10(12,13)7-8(15)14-9(16-7)6-4-2-1-3-5-6/h1-5,7,9H,(H,14,15). The zero-order valence-corrected chi connectivity index (χ0v) is 10.3. The Morgan fingerprint density at radius 1 is 1.19 bits per heavy atom. The summed E-state index contributed by atoms with van der Waals surface area (Å²) >= 11 is 16.9. The van der Waals surface area contributed by atoms with Crippen LogP contribution in [0.25, 0.3) is 0 Å². The highest BCUT2D eigenvalue weighted by molar-refractivity contribution is 6.68. The quantitative estimate of drug-likeness (QED) is 0.803. The molecule has 16 heavy (non-hydrogen) atoms. The van der Waals surface area contributed by atoms with Crippen LogP contribution in [0.4, 0.5) is 0 Å². The number of halogens is 3. The zero-order valence-electron chi connectivity index (χ0n) is 7.99. The topological polar surface area (TPSA) is 38.3 Å². The SMILES string of the molecule is O=C1NC(c2ccccc2)OC1C(Cl)(Cl)Cl. The minimum absolute atomic E-state index is 0.422. The summed E-state index contributed by atoms with van der Waals surface area (Å²) in [4.78, 5) is 11.5. The second-order valence-corrected chi connectivity index (χ2v) is 5.73. The monoisotopic (exact) mass is 279 g/mol. The first-order chi connectivity index (χ1) is 7.48. The lowest BCUT2D eigenvalue weighted by atomic mass is 10.2. The highest BCUT2D eigenvalue weighted by atomic mass is 35.6. The van der Waals surface area contributed by atoms with Gasteiger partial charge in [-0.1, -0.05) is 65.1 Å². The molecule has 3 nitrogen and oxygen atoms in total. The molecule has 86 valence electrons. The van der Waals surface area contributed by atoms with E-state index >= 15 is 0 Å². The third-order valence-electron chi connectivity index (χ3n) is 2.18. The maximum atomic E-state index is 11.5. The molecule has 1 aromatic rings. The van der Waals surface area contributed by atoms with Crippen molar-refractivity contribution in [1.82, 2.24) is 5.32 Å². The van der Waals surface area contributed by atoms with Crippen molar-refractivity contribution in [2.45, 2.75) is 16.1 Å². The summed E-state index contributed by atoms with van der Waals surface area (Å²) in [5.41, 5.74) is 0.813. The molecule has 1 fully saturated rings. The van der Waals surface area contributed by atoms with Crippen LogP contribution in [0.15, 0.2) is 30.3 Å². The number of hydrogen-bond donors (Lipinski definition) is 1. The number of nitrogens with one attached hydrogen (secondary N) is 1. The van der Waals surface area contributed by atoms with Crippen LogP contribution in [-0.4, -0.2) is 15.8 Å². The van der Waals surface area contributed by atoms with Crippen LogP contribution in [0.1, 0.15) is 11.8 Å². The second kappa shape index (κ2) is 4.41. The van der Waals surface area contributed by atoms with Crippen LogP contribution >= 0.6 is 34.8 Å². The Morgan fingerprint density at radius 3 is 2.31 bits per heavy atom. The Bertz CT molecular complexity index is 391. The van der Waals surface area contributed by atoms with Gasteiger partial charge >= 0.3 is 0 Å². The van der Waals surface area contributed by atoms with E-state index in [1.807, 2.05) is 30.3 Å². The summed E-state index contributed by atoms with van der Waals surface area (Å²) in [5.74, 6) is -0.422. The molecular formula is C10H8Cl3NO2. The summed E-state index contributed by atoms with van der Waals surface area (Å²) in [5, 5.41) is 2.61. The van der Waals surface area contributed by atoms with Crippen molar-refractivity contribution in [3.8, 4) is 0 Å². The first-order valence-electron chi connectivity index (χ1n) is 4.56. The minimum Gasteiger partial charge on any atom is -0.337 e. The first-order valence-corrected chi connectivity index (χ1v) is 5.69. The number of amides is 1. The van der Waals surface area contributed by atoms with Crippen molar-refractivity contribution in [2.75, 3.05) is 0 Å². The average molecular weight is 281 g/mol. The minimum atomic E-state index is -1.76. The van der Waals surface area contributed by atoms with E-state index in [0.29, 0.717) is 0 Å². The Hall–Kier alpha value is -0.480. The highest BCUT2D eigenvalue weighted by Crippen LogP contribution is 2.37. The number of hydrogen-bond acceptors (Lipinski definition) is 2. The number of ether oxygens (including phenoxy) is 1. The smallest absolute Gasteiger partial charge is 0.255 e. The molecule has 1 amide bonds. The van der Waals surface area contributed by atoms with Gasteiger partial charge in [-0.3, -0.25) is 4.79 Å². The second-order valence-electron chi connectivity index (χ2n) is 3.36. The van der Waals surface area contributed by atoms with E-state index < -0.39 is 22.0 Å². The molecule has 2 rings (SSSR count). The van der Waals surface area contributed by atoms with Crippen LogP contribution in [0.5, 0.6) is 0 Å². The van der Waals surface area contributed by atoms with Crippen LogP contribution in [0, 0.1) is 0 Å². The normalized spacial score (nSPS) is 25.6. The molecule has 0 saturated carbocycles. The number of carbonyl (C=O) groups excluding carboxylic acids is 1. The summed E-state index contributed by atoms with van der Waals surface area (Å²) < 4.78 is 3.61. The zero-order chi connectivity index (χ0) is 11.8. The molecule has 0 aromatic heterocycles. The van der Waals surface area contributed by atoms with Crippen molar-refractivity contribution in [2.24, 2.45) is 0 Å².